The van der Waals surface area contributed by atoms with Gasteiger partial charge in [0.05, 0.1) is 24.7 Å². The molecule has 13 nitrogen and oxygen atoms in total. The van der Waals surface area contributed by atoms with E-state index in [9.17, 15) is 14.4 Å². The zero-order chi connectivity index (χ0) is 34.2. The monoisotopic (exact) mass is 659 g/mol. The molecule has 0 aliphatic rings. The summed E-state index contributed by atoms with van der Waals surface area (Å²) in [4.78, 5) is 52.7. The number of esters is 2. The summed E-state index contributed by atoms with van der Waals surface area (Å²) in [6.45, 7) is 2.56. The lowest BCUT2D eigenvalue weighted by Gasteiger charge is -2.17. The van der Waals surface area contributed by atoms with Crippen molar-refractivity contribution in [3.05, 3.63) is 131 Å². The Balaban J connectivity index is 1.18. The van der Waals surface area contributed by atoms with E-state index in [-0.39, 0.29) is 49.7 Å². The number of ether oxygens (including phenoxy) is 3. The topological polar surface area (TPSA) is 144 Å². The molecule has 0 spiro atoms. The predicted octanol–water partition coefficient (Wildman–Crippen LogP) is 4.63. The van der Waals surface area contributed by atoms with Gasteiger partial charge in [-0.1, -0.05) is 72.8 Å². The minimum absolute atomic E-state index is 0.143. The summed E-state index contributed by atoms with van der Waals surface area (Å²) < 4.78 is 19.8. The van der Waals surface area contributed by atoms with E-state index in [0.29, 0.717) is 23.3 Å². The van der Waals surface area contributed by atoms with Gasteiger partial charge < -0.3 is 23.7 Å². The van der Waals surface area contributed by atoms with Crippen molar-refractivity contribution in [1.82, 2.24) is 34.2 Å². The number of amides is 1. The predicted molar refractivity (Wildman–Crippen MR) is 178 cm³/mol. The molecule has 6 aromatic rings. The zero-order valence-electron chi connectivity index (χ0n) is 26.9. The molecule has 1 amide bonds. The van der Waals surface area contributed by atoms with Crippen molar-refractivity contribution in [3.63, 3.8) is 0 Å². The molecule has 0 unspecified atom stereocenters. The summed E-state index contributed by atoms with van der Waals surface area (Å²) in [6, 6.07) is 26.1. The van der Waals surface area contributed by atoms with Crippen LogP contribution in [0.2, 0.25) is 0 Å². The smallest absolute Gasteiger partial charge is 0.341 e. The second kappa shape index (κ2) is 15.0. The molecule has 0 saturated heterocycles. The van der Waals surface area contributed by atoms with E-state index in [4.69, 9.17) is 14.2 Å². The van der Waals surface area contributed by atoms with Crippen LogP contribution in [0.25, 0.3) is 17.1 Å². The van der Waals surface area contributed by atoms with E-state index >= 15 is 0 Å². The van der Waals surface area contributed by atoms with Crippen molar-refractivity contribution in [3.8, 4) is 11.8 Å². The summed E-state index contributed by atoms with van der Waals surface area (Å²) in [5.41, 5.74) is 4.32. The Kier molecular flexibility index (Phi) is 9.99. The zero-order valence-corrected chi connectivity index (χ0v) is 26.9. The van der Waals surface area contributed by atoms with Crippen LogP contribution in [-0.2, 0) is 34.0 Å². The van der Waals surface area contributed by atoms with Gasteiger partial charge in [-0.3, -0.25) is 9.59 Å². The Morgan fingerprint density at radius 1 is 0.796 bits per heavy atom. The second-order valence-electron chi connectivity index (χ2n) is 11.0. The van der Waals surface area contributed by atoms with E-state index in [0.717, 1.165) is 16.7 Å². The molecule has 0 fully saturated rings. The number of nitrogens with zero attached hydrogens (tertiary/aromatic N) is 7. The maximum atomic E-state index is 13.0. The number of imidazole rings is 1. The van der Waals surface area contributed by atoms with E-state index in [2.05, 4.69) is 20.1 Å². The molecule has 6 rings (SSSR count). The second-order valence-corrected chi connectivity index (χ2v) is 11.0. The Morgan fingerprint density at radius 2 is 1.49 bits per heavy atom. The van der Waals surface area contributed by atoms with Gasteiger partial charge in [0.15, 0.2) is 11.2 Å². The molecule has 0 saturated carbocycles. The number of rotatable bonds is 13. The average Bonchev–Trinajstić information content (AvgIpc) is 3.79. The molecule has 0 N–H and O–H groups in total. The maximum absolute atomic E-state index is 13.0. The van der Waals surface area contributed by atoms with Crippen LogP contribution in [0.15, 0.2) is 104 Å². The van der Waals surface area contributed by atoms with Crippen LogP contribution < -0.4 is 4.74 Å². The molecule has 13 heteroatoms. The lowest BCUT2D eigenvalue weighted by molar-refractivity contribution is -0.145. The molecule has 3 aromatic heterocycles. The fourth-order valence-electron chi connectivity index (χ4n) is 4.96. The number of carbonyl (C=O) groups excluding carboxylic acids is 3. The Labute approximate surface area is 281 Å². The van der Waals surface area contributed by atoms with Crippen molar-refractivity contribution < 1.29 is 28.6 Å². The molecular weight excluding hydrogens is 626 g/mol. The highest BCUT2D eigenvalue weighted by Crippen LogP contribution is 2.25. The van der Waals surface area contributed by atoms with Crippen molar-refractivity contribution in [2.24, 2.45) is 0 Å². The SMILES string of the molecule is CCOC(=O)c1cnn(-c2nc(OCc3ccccc3)c3c(ncn3Cc3ccc(C(=O)N(C)CC(=O)OCc4ccccc4)cc3)n2)c1. The number of likely N-dealkylation sites (N-methyl/N-ethyl adjacent to an activating group) is 1. The maximum Gasteiger partial charge on any atom is 0.341 e. The molecule has 49 heavy (non-hydrogen) atoms. The molecule has 0 aliphatic carbocycles. The lowest BCUT2D eigenvalue weighted by atomic mass is 10.1. The van der Waals surface area contributed by atoms with Crippen LogP contribution in [0.4, 0.5) is 0 Å². The van der Waals surface area contributed by atoms with Crippen molar-refractivity contribution >= 4 is 29.0 Å². The fraction of sp³-hybridized carbons (Fsp3) is 0.194. The van der Waals surface area contributed by atoms with Crippen LogP contribution >= 0.6 is 0 Å². The van der Waals surface area contributed by atoms with E-state index in [1.807, 2.05) is 77.4 Å². The standard InChI is InChI=1S/C36H33N7O6/c1-3-47-35(46)29-18-38-43(20-29)36-39-32-31(33(40-36)49-23-27-12-8-5-9-13-27)42(24-37-32)19-25-14-16-28(17-15-25)34(45)41(2)21-30(44)48-22-26-10-6-4-7-11-26/h4-18,20,24H,3,19,21-23H2,1-2H3. The first-order valence-corrected chi connectivity index (χ1v) is 15.5. The van der Waals surface area contributed by atoms with Crippen LogP contribution in [-0.4, -0.2) is 72.2 Å². The van der Waals surface area contributed by atoms with Gasteiger partial charge in [-0.25, -0.2) is 14.5 Å². The summed E-state index contributed by atoms with van der Waals surface area (Å²) >= 11 is 0. The highest BCUT2D eigenvalue weighted by Gasteiger charge is 2.20. The summed E-state index contributed by atoms with van der Waals surface area (Å²) in [7, 11) is 1.56. The molecule has 3 aromatic carbocycles. The first-order valence-electron chi connectivity index (χ1n) is 15.5. The quantitative estimate of drug-likeness (QED) is 0.161. The normalized spacial score (nSPS) is 10.9. The van der Waals surface area contributed by atoms with E-state index < -0.39 is 11.9 Å². The third kappa shape index (κ3) is 7.96. The first kappa shape index (κ1) is 32.6. The number of fused-ring (bicyclic) bond motifs is 1. The highest BCUT2D eigenvalue weighted by molar-refractivity contribution is 5.95. The van der Waals surface area contributed by atoms with Gasteiger partial charge >= 0.3 is 11.9 Å². The third-order valence-electron chi connectivity index (χ3n) is 7.45. The largest absolute Gasteiger partial charge is 0.471 e. The minimum atomic E-state index is -0.500. The van der Waals surface area contributed by atoms with E-state index in [1.165, 1.54) is 22.0 Å². The van der Waals surface area contributed by atoms with Crippen LogP contribution in [0.5, 0.6) is 5.88 Å². The van der Waals surface area contributed by atoms with Gasteiger partial charge in [0, 0.05) is 25.4 Å². The van der Waals surface area contributed by atoms with Crippen LogP contribution in [0.3, 0.4) is 0 Å². The third-order valence-corrected chi connectivity index (χ3v) is 7.45. The summed E-state index contributed by atoms with van der Waals surface area (Å²) in [5, 5.41) is 4.25. The van der Waals surface area contributed by atoms with Crippen molar-refractivity contribution in [1.29, 1.82) is 0 Å². The fourth-order valence-corrected chi connectivity index (χ4v) is 4.96. The molecule has 0 atom stereocenters. The van der Waals surface area contributed by atoms with Crippen LogP contribution in [0.1, 0.15) is 44.3 Å². The Morgan fingerprint density at radius 3 is 2.18 bits per heavy atom. The highest BCUT2D eigenvalue weighted by atomic mass is 16.5. The first-order chi connectivity index (χ1) is 23.9. The van der Waals surface area contributed by atoms with Crippen LogP contribution in [0, 0.1) is 0 Å². The number of hydrogen-bond donors (Lipinski definition) is 0. The van der Waals surface area contributed by atoms with Gasteiger partial charge in [-0.2, -0.15) is 15.1 Å². The molecule has 0 bridgehead atoms. The van der Waals surface area contributed by atoms with Gasteiger partial charge in [-0.15, -0.1) is 0 Å². The number of aromatic nitrogens is 6. The molecule has 0 radical (unpaired) electrons. The number of benzene rings is 3. The molecule has 248 valence electrons. The minimum Gasteiger partial charge on any atom is -0.471 e. The average molecular weight is 660 g/mol. The van der Waals surface area contributed by atoms with Gasteiger partial charge in [0.25, 0.3) is 11.9 Å². The number of hydrogen-bond acceptors (Lipinski definition) is 10. The van der Waals surface area contributed by atoms with Gasteiger partial charge in [-0.05, 0) is 35.7 Å². The van der Waals surface area contributed by atoms with E-state index in [1.54, 1.807) is 32.4 Å². The Hall–Kier alpha value is -6.37. The van der Waals surface area contributed by atoms with Gasteiger partial charge in [0.2, 0.25) is 5.88 Å². The Bertz CT molecular complexity index is 2060. The lowest BCUT2D eigenvalue weighted by Crippen LogP contribution is -2.33. The molecular formula is C36H33N7O6. The number of carbonyl (C=O) groups is 3. The van der Waals surface area contributed by atoms with Crippen molar-refractivity contribution in [2.45, 2.75) is 26.7 Å². The summed E-state index contributed by atoms with van der Waals surface area (Å²) in [5.74, 6) is -0.848. The van der Waals surface area contributed by atoms with Crippen molar-refractivity contribution in [2.75, 3.05) is 20.2 Å². The van der Waals surface area contributed by atoms with Gasteiger partial charge in [0.1, 0.15) is 19.8 Å². The summed E-state index contributed by atoms with van der Waals surface area (Å²) in [6.07, 6.45) is 4.52. The molecule has 0 aliphatic heterocycles. The molecule has 3 heterocycles.